The number of nitrogens with one attached hydrogen (secondary N) is 1. The van der Waals surface area contributed by atoms with Gasteiger partial charge in [-0.2, -0.15) is 30.6 Å². The molecule has 2 aromatic carbocycles. The fraction of sp³-hybridized carbons (Fsp3) is 0.381. The molecule has 0 spiro atoms. The SMILES string of the molecule is COc1ccc(Cl)cc1S(=O)(=O)N1CCCC(C(=O)Nc2cc(C(F)(F)F)cc(C(F)(F)F)c2)C1. The van der Waals surface area contributed by atoms with Crippen molar-refractivity contribution in [2.45, 2.75) is 30.1 Å². The number of methoxy groups -OCH3 is 1. The molecule has 14 heteroatoms. The summed E-state index contributed by atoms with van der Waals surface area (Å²) in [5.74, 6) is -1.91. The van der Waals surface area contributed by atoms with Crippen LogP contribution in [0.3, 0.4) is 0 Å². The number of carbonyl (C=O) groups is 1. The van der Waals surface area contributed by atoms with Crippen LogP contribution >= 0.6 is 11.6 Å². The van der Waals surface area contributed by atoms with Gasteiger partial charge in [-0.1, -0.05) is 11.6 Å². The highest BCUT2D eigenvalue weighted by Crippen LogP contribution is 2.38. The van der Waals surface area contributed by atoms with E-state index < -0.39 is 51.0 Å². The molecule has 1 heterocycles. The van der Waals surface area contributed by atoms with Crippen molar-refractivity contribution in [3.8, 4) is 5.75 Å². The van der Waals surface area contributed by atoms with E-state index in [0.717, 1.165) is 4.31 Å². The number of hydrogen-bond acceptors (Lipinski definition) is 4. The van der Waals surface area contributed by atoms with Crippen molar-refractivity contribution in [2.75, 3.05) is 25.5 Å². The number of ether oxygens (including phenoxy) is 1. The molecule has 3 rings (SSSR count). The Balaban J connectivity index is 1.85. The van der Waals surface area contributed by atoms with Crippen molar-refractivity contribution < 1.29 is 44.3 Å². The van der Waals surface area contributed by atoms with E-state index in [4.69, 9.17) is 16.3 Å². The summed E-state index contributed by atoms with van der Waals surface area (Å²) in [5, 5.41) is 2.20. The molecular weight excluding hydrogens is 526 g/mol. The number of piperidine rings is 1. The third-order valence-corrected chi connectivity index (χ3v) is 7.48. The lowest BCUT2D eigenvalue weighted by Crippen LogP contribution is -2.43. The summed E-state index contributed by atoms with van der Waals surface area (Å²) >= 11 is 5.91. The van der Waals surface area contributed by atoms with Crippen LogP contribution in [-0.4, -0.2) is 38.8 Å². The first-order valence-corrected chi connectivity index (χ1v) is 11.9. The maximum absolute atomic E-state index is 13.2. The maximum atomic E-state index is 13.2. The highest BCUT2D eigenvalue weighted by molar-refractivity contribution is 7.89. The molecule has 6 nitrogen and oxygen atoms in total. The summed E-state index contributed by atoms with van der Waals surface area (Å²) in [6, 6.07) is 4.69. The zero-order valence-corrected chi connectivity index (χ0v) is 19.6. The van der Waals surface area contributed by atoms with E-state index in [1.54, 1.807) is 0 Å². The summed E-state index contributed by atoms with van der Waals surface area (Å²) in [5.41, 5.74) is -3.86. The van der Waals surface area contributed by atoms with E-state index >= 15 is 0 Å². The van der Waals surface area contributed by atoms with Crippen LogP contribution in [0.5, 0.6) is 5.75 Å². The topological polar surface area (TPSA) is 75.7 Å². The number of halogens is 7. The van der Waals surface area contributed by atoms with E-state index in [1.165, 1.54) is 25.3 Å². The van der Waals surface area contributed by atoms with Gasteiger partial charge in [-0.3, -0.25) is 4.79 Å². The molecule has 1 fully saturated rings. The van der Waals surface area contributed by atoms with E-state index in [9.17, 15) is 39.6 Å². The van der Waals surface area contributed by atoms with E-state index in [-0.39, 0.29) is 47.7 Å². The van der Waals surface area contributed by atoms with Gasteiger partial charge in [0.15, 0.2) is 0 Å². The van der Waals surface area contributed by atoms with Crippen molar-refractivity contribution in [3.05, 3.63) is 52.5 Å². The standard InChI is InChI=1S/C21H19ClF6N2O4S/c1-34-17-5-4-15(22)10-18(17)35(32,33)30-6-2-3-12(11-30)19(31)29-16-8-13(20(23,24)25)7-14(9-16)21(26,27)28/h4-5,7-10,12H,2-3,6,11H2,1H3,(H,29,31). The molecule has 1 aliphatic rings. The molecule has 1 N–H and O–H groups in total. The van der Waals surface area contributed by atoms with Crippen molar-refractivity contribution in [2.24, 2.45) is 5.92 Å². The third kappa shape index (κ3) is 6.19. The molecule has 35 heavy (non-hydrogen) atoms. The molecule has 1 amide bonds. The third-order valence-electron chi connectivity index (χ3n) is 5.35. The van der Waals surface area contributed by atoms with Gasteiger partial charge >= 0.3 is 12.4 Å². The largest absolute Gasteiger partial charge is 0.495 e. The van der Waals surface area contributed by atoms with Gasteiger partial charge < -0.3 is 10.1 Å². The summed E-state index contributed by atoms with van der Waals surface area (Å²) in [4.78, 5) is 12.5. The second kappa shape index (κ2) is 9.86. The molecule has 1 aliphatic heterocycles. The molecule has 1 atom stereocenters. The van der Waals surface area contributed by atoms with Crippen LogP contribution in [0.25, 0.3) is 0 Å². The van der Waals surface area contributed by atoms with Crippen LogP contribution in [0.15, 0.2) is 41.3 Å². The highest BCUT2D eigenvalue weighted by Gasteiger charge is 2.38. The molecular formula is C21H19ClF6N2O4S. The first-order chi connectivity index (χ1) is 16.1. The molecule has 2 aromatic rings. The molecule has 0 bridgehead atoms. The van der Waals surface area contributed by atoms with Gasteiger partial charge in [0.05, 0.1) is 24.2 Å². The van der Waals surface area contributed by atoms with Gasteiger partial charge in [-0.25, -0.2) is 8.42 Å². The molecule has 1 unspecified atom stereocenters. The van der Waals surface area contributed by atoms with Crippen LogP contribution < -0.4 is 10.1 Å². The molecule has 0 radical (unpaired) electrons. The van der Waals surface area contributed by atoms with Crippen molar-refractivity contribution in [3.63, 3.8) is 0 Å². The number of carbonyl (C=O) groups excluding carboxylic acids is 1. The summed E-state index contributed by atoms with van der Waals surface area (Å²) < 4.78 is 111. The van der Waals surface area contributed by atoms with Crippen LogP contribution in [0, 0.1) is 5.92 Å². The van der Waals surface area contributed by atoms with Gasteiger partial charge in [0.1, 0.15) is 10.6 Å². The zero-order valence-electron chi connectivity index (χ0n) is 18.0. The predicted octanol–water partition coefficient (Wildman–Crippen LogP) is 5.43. The Labute approximate surface area is 201 Å². The molecule has 0 aliphatic carbocycles. The number of rotatable bonds is 5. The van der Waals surface area contributed by atoms with Crippen LogP contribution in [0.2, 0.25) is 5.02 Å². The Morgan fingerprint density at radius 3 is 2.20 bits per heavy atom. The number of anilines is 1. The average Bonchev–Trinajstić information content (AvgIpc) is 2.77. The van der Waals surface area contributed by atoms with E-state index in [0.29, 0.717) is 12.1 Å². The number of amides is 1. The van der Waals surface area contributed by atoms with Gasteiger partial charge in [0, 0.05) is 23.8 Å². The monoisotopic (exact) mass is 544 g/mol. The first-order valence-electron chi connectivity index (χ1n) is 10.1. The highest BCUT2D eigenvalue weighted by atomic mass is 35.5. The molecule has 1 saturated heterocycles. The Hall–Kier alpha value is -2.51. The summed E-state index contributed by atoms with van der Waals surface area (Å²) in [7, 11) is -2.91. The van der Waals surface area contributed by atoms with E-state index in [1.807, 2.05) is 0 Å². The quantitative estimate of drug-likeness (QED) is 0.510. The fourth-order valence-electron chi connectivity index (χ4n) is 3.64. The number of nitrogens with zero attached hydrogens (tertiary/aromatic N) is 1. The molecule has 0 saturated carbocycles. The molecule has 192 valence electrons. The van der Waals surface area contributed by atoms with Crippen LogP contribution in [0.4, 0.5) is 32.0 Å². The minimum atomic E-state index is -5.08. The minimum absolute atomic E-state index is 0.0182. The normalized spacial score (nSPS) is 17.8. The Kier molecular flexibility index (Phi) is 7.63. The minimum Gasteiger partial charge on any atom is -0.495 e. The lowest BCUT2D eigenvalue weighted by atomic mass is 9.98. The van der Waals surface area contributed by atoms with Crippen LogP contribution in [0.1, 0.15) is 24.0 Å². The number of sulfonamides is 1. The van der Waals surface area contributed by atoms with Crippen LogP contribution in [-0.2, 0) is 27.2 Å². The van der Waals surface area contributed by atoms with Gasteiger partial charge in [0.2, 0.25) is 15.9 Å². The fourth-order valence-corrected chi connectivity index (χ4v) is 5.58. The lowest BCUT2D eigenvalue weighted by molar-refractivity contribution is -0.143. The summed E-state index contributed by atoms with van der Waals surface area (Å²) in [6.07, 6.45) is -9.74. The maximum Gasteiger partial charge on any atom is 0.416 e. The number of benzene rings is 2. The number of alkyl halides is 6. The first kappa shape index (κ1) is 27.1. The van der Waals surface area contributed by atoms with Gasteiger partial charge in [-0.15, -0.1) is 0 Å². The second-order valence-electron chi connectivity index (χ2n) is 7.78. The van der Waals surface area contributed by atoms with Crippen molar-refractivity contribution in [1.82, 2.24) is 4.31 Å². The molecule has 0 aromatic heterocycles. The van der Waals surface area contributed by atoms with Crippen molar-refractivity contribution >= 4 is 33.2 Å². The van der Waals surface area contributed by atoms with Crippen molar-refractivity contribution in [1.29, 1.82) is 0 Å². The second-order valence-corrected chi connectivity index (χ2v) is 10.1. The average molecular weight is 545 g/mol. The van der Waals surface area contributed by atoms with Gasteiger partial charge in [0.25, 0.3) is 0 Å². The zero-order chi connectivity index (χ0) is 26.2. The Morgan fingerprint density at radius 1 is 1.06 bits per heavy atom. The summed E-state index contributed by atoms with van der Waals surface area (Å²) in [6.45, 7) is -0.293. The van der Waals surface area contributed by atoms with E-state index in [2.05, 4.69) is 5.32 Å². The Bertz CT molecular complexity index is 1190. The predicted molar refractivity (Wildman–Crippen MR) is 115 cm³/mol. The number of hydrogen-bond donors (Lipinski definition) is 1. The van der Waals surface area contributed by atoms with Gasteiger partial charge in [-0.05, 0) is 49.2 Å². The Morgan fingerprint density at radius 2 is 1.66 bits per heavy atom. The smallest absolute Gasteiger partial charge is 0.416 e. The lowest BCUT2D eigenvalue weighted by Gasteiger charge is -2.31.